The molecule has 0 saturated heterocycles. The number of hydrogen-bond acceptors (Lipinski definition) is 4. The highest BCUT2D eigenvalue weighted by molar-refractivity contribution is 7.99. The van der Waals surface area contributed by atoms with Gasteiger partial charge in [0.25, 0.3) is 0 Å². The number of carbonyl (C=O) groups is 2. The number of hydrogen-bond donors (Lipinski definition) is 1. The first kappa shape index (κ1) is 16.6. The molecule has 0 aliphatic heterocycles. The molecule has 1 rings (SSSR count). The van der Waals surface area contributed by atoms with E-state index < -0.39 is 0 Å². The van der Waals surface area contributed by atoms with Crippen LogP contribution < -0.4 is 5.32 Å². The van der Waals surface area contributed by atoms with Crippen molar-refractivity contribution in [2.75, 3.05) is 12.0 Å². The molecule has 4 nitrogen and oxygen atoms in total. The van der Waals surface area contributed by atoms with E-state index in [-0.39, 0.29) is 30.4 Å². The van der Waals surface area contributed by atoms with Gasteiger partial charge in [-0.2, -0.15) is 11.8 Å². The van der Waals surface area contributed by atoms with E-state index in [1.807, 2.05) is 50.4 Å². The first-order chi connectivity index (χ1) is 9.52. The fourth-order valence-electron chi connectivity index (χ4n) is 1.78. The molecule has 1 aromatic carbocycles. The highest BCUT2D eigenvalue weighted by Gasteiger charge is 2.19. The summed E-state index contributed by atoms with van der Waals surface area (Å²) in [6.45, 7) is 3.61. The minimum absolute atomic E-state index is 0.0799. The van der Waals surface area contributed by atoms with Crippen molar-refractivity contribution in [3.8, 4) is 0 Å². The second-order valence-electron chi connectivity index (χ2n) is 4.71. The zero-order chi connectivity index (χ0) is 15.0. The summed E-state index contributed by atoms with van der Waals surface area (Å²) in [6.07, 6.45) is 1.85. The molecule has 1 aromatic rings. The fraction of sp³-hybridized carbons (Fsp3) is 0.467. The van der Waals surface area contributed by atoms with Crippen molar-refractivity contribution >= 4 is 23.6 Å². The van der Waals surface area contributed by atoms with Gasteiger partial charge < -0.3 is 10.1 Å². The Morgan fingerprint density at radius 1 is 1.25 bits per heavy atom. The molecule has 0 aliphatic rings. The lowest BCUT2D eigenvalue weighted by Gasteiger charge is -2.19. The van der Waals surface area contributed by atoms with Crippen LogP contribution in [0.4, 0.5) is 0 Å². The Labute approximate surface area is 124 Å². The van der Waals surface area contributed by atoms with Crippen molar-refractivity contribution in [2.45, 2.75) is 32.4 Å². The molecule has 0 radical (unpaired) electrons. The van der Waals surface area contributed by atoms with Crippen molar-refractivity contribution in [3.63, 3.8) is 0 Å². The van der Waals surface area contributed by atoms with Crippen LogP contribution in [0.15, 0.2) is 30.3 Å². The van der Waals surface area contributed by atoms with Gasteiger partial charge in [0, 0.05) is 0 Å². The molecule has 20 heavy (non-hydrogen) atoms. The predicted octanol–water partition coefficient (Wildman–Crippen LogP) is 2.55. The number of benzene rings is 1. The van der Waals surface area contributed by atoms with Crippen LogP contribution in [0.1, 0.15) is 31.9 Å². The van der Waals surface area contributed by atoms with Gasteiger partial charge in [-0.15, -0.1) is 0 Å². The third-order valence-corrected chi connectivity index (χ3v) is 3.10. The normalized spacial score (nSPS) is 12.0. The van der Waals surface area contributed by atoms with Crippen LogP contribution in [0.25, 0.3) is 0 Å². The number of ether oxygens (including phenoxy) is 1. The molecule has 0 bridgehead atoms. The van der Waals surface area contributed by atoms with Gasteiger partial charge in [0.15, 0.2) is 0 Å². The Hall–Kier alpha value is -1.49. The van der Waals surface area contributed by atoms with E-state index >= 15 is 0 Å². The van der Waals surface area contributed by atoms with Crippen molar-refractivity contribution < 1.29 is 14.3 Å². The van der Waals surface area contributed by atoms with E-state index in [2.05, 4.69) is 5.32 Å². The maximum Gasteiger partial charge on any atom is 0.308 e. The molecule has 0 aromatic heterocycles. The number of esters is 1. The molecule has 0 saturated carbocycles. The number of thioether (sulfide) groups is 1. The summed E-state index contributed by atoms with van der Waals surface area (Å²) in [7, 11) is 0. The molecular weight excluding hydrogens is 274 g/mol. The lowest BCUT2D eigenvalue weighted by molar-refractivity contribution is -0.148. The predicted molar refractivity (Wildman–Crippen MR) is 81.6 cm³/mol. The van der Waals surface area contributed by atoms with Gasteiger partial charge >= 0.3 is 5.97 Å². The number of carbonyl (C=O) groups excluding carboxylic acids is 2. The van der Waals surface area contributed by atoms with E-state index in [4.69, 9.17) is 4.74 Å². The van der Waals surface area contributed by atoms with Crippen molar-refractivity contribution in [2.24, 2.45) is 0 Å². The Morgan fingerprint density at radius 2 is 1.90 bits per heavy atom. The monoisotopic (exact) mass is 295 g/mol. The van der Waals surface area contributed by atoms with E-state index in [0.717, 1.165) is 5.56 Å². The molecule has 110 valence electrons. The first-order valence-electron chi connectivity index (χ1n) is 6.55. The lowest BCUT2D eigenvalue weighted by atomic mass is 10.0. The highest BCUT2D eigenvalue weighted by atomic mass is 32.2. The average molecular weight is 295 g/mol. The summed E-state index contributed by atoms with van der Waals surface area (Å²) in [5, 5.41) is 2.88. The number of nitrogens with one attached hydrogen (secondary N) is 1. The zero-order valence-corrected chi connectivity index (χ0v) is 12.9. The van der Waals surface area contributed by atoms with Crippen molar-refractivity contribution in [1.82, 2.24) is 5.32 Å². The van der Waals surface area contributed by atoms with Gasteiger partial charge in [-0.25, -0.2) is 0 Å². The number of amides is 1. The second-order valence-corrected chi connectivity index (χ2v) is 5.57. The minimum Gasteiger partial charge on any atom is -0.463 e. The Morgan fingerprint density at radius 3 is 2.45 bits per heavy atom. The van der Waals surface area contributed by atoms with Crippen molar-refractivity contribution in [3.05, 3.63) is 35.9 Å². The van der Waals surface area contributed by atoms with E-state index in [1.54, 1.807) is 0 Å². The Bertz CT molecular complexity index is 434. The summed E-state index contributed by atoms with van der Waals surface area (Å²) in [5.41, 5.74) is 0.905. The van der Waals surface area contributed by atoms with E-state index in [9.17, 15) is 9.59 Å². The highest BCUT2D eigenvalue weighted by Crippen LogP contribution is 2.17. The van der Waals surface area contributed by atoms with Crippen LogP contribution in [0.2, 0.25) is 0 Å². The van der Waals surface area contributed by atoms with Crippen LogP contribution in [0, 0.1) is 0 Å². The third kappa shape index (κ3) is 6.10. The molecule has 0 spiro atoms. The zero-order valence-electron chi connectivity index (χ0n) is 12.1. The maximum absolute atomic E-state index is 11.8. The largest absolute Gasteiger partial charge is 0.463 e. The molecule has 0 aliphatic carbocycles. The third-order valence-electron chi connectivity index (χ3n) is 2.55. The molecule has 0 fully saturated rings. The second kappa shape index (κ2) is 8.64. The summed E-state index contributed by atoms with van der Waals surface area (Å²) >= 11 is 1.45. The average Bonchev–Trinajstić information content (AvgIpc) is 2.38. The standard InChI is InChI=1S/C15H21NO3S/c1-11(2)19-15(18)9-13(16-14(17)10-20-3)12-7-5-4-6-8-12/h4-8,11,13H,9-10H2,1-3H3,(H,16,17). The van der Waals surface area contributed by atoms with Gasteiger partial charge in [0.1, 0.15) is 0 Å². The topological polar surface area (TPSA) is 55.4 Å². The molecule has 5 heteroatoms. The SMILES string of the molecule is CSCC(=O)NC(CC(=O)OC(C)C)c1ccccc1. The summed E-state index contributed by atoms with van der Waals surface area (Å²) in [6, 6.07) is 9.12. The van der Waals surface area contributed by atoms with Crippen LogP contribution in [-0.4, -0.2) is 30.0 Å². The van der Waals surface area contributed by atoms with Crippen LogP contribution >= 0.6 is 11.8 Å². The quantitative estimate of drug-likeness (QED) is 0.785. The van der Waals surface area contributed by atoms with Crippen molar-refractivity contribution in [1.29, 1.82) is 0 Å². The molecular formula is C15H21NO3S. The van der Waals surface area contributed by atoms with Gasteiger partial charge in [-0.1, -0.05) is 30.3 Å². The Balaban J connectivity index is 2.74. The van der Waals surface area contributed by atoms with Gasteiger partial charge in [-0.05, 0) is 25.7 Å². The molecule has 1 unspecified atom stereocenters. The summed E-state index contributed by atoms with van der Waals surface area (Å²) < 4.78 is 5.15. The Kier molecular flexibility index (Phi) is 7.15. The smallest absolute Gasteiger partial charge is 0.308 e. The fourth-order valence-corrected chi connectivity index (χ4v) is 2.13. The lowest BCUT2D eigenvalue weighted by Crippen LogP contribution is -2.32. The van der Waals surface area contributed by atoms with Gasteiger partial charge in [0.2, 0.25) is 5.91 Å². The number of rotatable bonds is 7. The summed E-state index contributed by atoms with van der Waals surface area (Å²) in [5.74, 6) is -0.00949. The van der Waals surface area contributed by atoms with E-state index in [1.165, 1.54) is 11.8 Å². The summed E-state index contributed by atoms with van der Waals surface area (Å²) in [4.78, 5) is 23.5. The molecule has 1 atom stereocenters. The molecule has 1 amide bonds. The first-order valence-corrected chi connectivity index (χ1v) is 7.95. The van der Waals surface area contributed by atoms with Crippen LogP contribution in [0.3, 0.4) is 0 Å². The van der Waals surface area contributed by atoms with Crippen LogP contribution in [-0.2, 0) is 14.3 Å². The maximum atomic E-state index is 11.8. The minimum atomic E-state index is -0.345. The molecule has 1 N–H and O–H groups in total. The van der Waals surface area contributed by atoms with E-state index in [0.29, 0.717) is 5.75 Å². The van der Waals surface area contributed by atoms with Gasteiger partial charge in [-0.3, -0.25) is 9.59 Å². The molecule has 0 heterocycles. The van der Waals surface area contributed by atoms with Gasteiger partial charge in [0.05, 0.1) is 24.3 Å². The van der Waals surface area contributed by atoms with Crippen LogP contribution in [0.5, 0.6) is 0 Å².